The molecular formula is C23H31F5N2O3. The van der Waals surface area contributed by atoms with E-state index in [9.17, 15) is 26.7 Å². The Morgan fingerprint density at radius 3 is 2.24 bits per heavy atom. The highest BCUT2D eigenvalue weighted by Gasteiger charge is 2.47. The van der Waals surface area contributed by atoms with Crippen molar-refractivity contribution in [3.63, 3.8) is 0 Å². The molecule has 2 aromatic rings. The van der Waals surface area contributed by atoms with E-state index in [0.717, 1.165) is 19.9 Å². The van der Waals surface area contributed by atoms with Crippen molar-refractivity contribution in [1.29, 1.82) is 0 Å². The van der Waals surface area contributed by atoms with Crippen LogP contribution in [0.4, 0.5) is 22.0 Å². The third kappa shape index (κ3) is 6.68. The second kappa shape index (κ2) is 11.5. The average molecular weight is 479 g/mol. The van der Waals surface area contributed by atoms with Crippen molar-refractivity contribution in [2.24, 2.45) is 5.41 Å². The molecule has 0 radical (unpaired) electrons. The first kappa shape index (κ1) is 28.4. The average Bonchev–Trinajstić information content (AvgIpc) is 3.05. The summed E-state index contributed by atoms with van der Waals surface area (Å²) < 4.78 is 77.1. The molecule has 0 bridgehead atoms. The van der Waals surface area contributed by atoms with Gasteiger partial charge in [-0.05, 0) is 38.0 Å². The highest BCUT2D eigenvalue weighted by molar-refractivity contribution is 5.89. The van der Waals surface area contributed by atoms with E-state index < -0.39 is 30.6 Å². The molecule has 0 unspecified atom stereocenters. The maximum atomic E-state index is 13.3. The molecule has 0 saturated heterocycles. The van der Waals surface area contributed by atoms with Crippen LogP contribution in [0.3, 0.4) is 0 Å². The van der Waals surface area contributed by atoms with Crippen molar-refractivity contribution in [3.8, 4) is 11.4 Å². The number of rotatable bonds is 8. The van der Waals surface area contributed by atoms with E-state index in [-0.39, 0.29) is 29.3 Å². The van der Waals surface area contributed by atoms with Gasteiger partial charge < -0.3 is 9.47 Å². The molecule has 0 aliphatic carbocycles. The molecule has 0 atom stereocenters. The predicted molar refractivity (Wildman–Crippen MR) is 115 cm³/mol. The van der Waals surface area contributed by atoms with Gasteiger partial charge in [-0.25, -0.2) is 9.78 Å². The zero-order valence-electron chi connectivity index (χ0n) is 19.9. The Morgan fingerprint density at radius 2 is 1.76 bits per heavy atom. The number of imidazole rings is 1. The molecule has 1 aromatic carbocycles. The monoisotopic (exact) mass is 478 g/mol. The summed E-state index contributed by atoms with van der Waals surface area (Å²) in [5.74, 6) is -0.576. The lowest BCUT2D eigenvalue weighted by molar-refractivity contribution is -0.211. The Balaban J connectivity index is 0.00000265. The highest BCUT2D eigenvalue weighted by atomic mass is 19.4. The number of aryl methyl sites for hydroxylation is 1. The van der Waals surface area contributed by atoms with E-state index in [1.165, 1.54) is 16.7 Å². The molecule has 2 rings (SSSR count). The first-order valence-electron chi connectivity index (χ1n) is 10.7. The second-order valence-corrected chi connectivity index (χ2v) is 7.61. The molecule has 0 amide bonds. The minimum absolute atomic E-state index is 0.0315. The smallest absolute Gasteiger partial charge is 0.394 e. The van der Waals surface area contributed by atoms with Crippen molar-refractivity contribution < 1.29 is 36.2 Å². The lowest BCUT2D eigenvalue weighted by Crippen LogP contribution is -2.34. The standard InChI is InChI=1S/C21H25F5N2O3.C2H6/c1-6-16-27-17(18(29)30-7-2)12(3)28(16)14-9-8-13(10-15(14)31-19(22)23)11-20(4,5)21(24,25)26;1-2/h8-10,19H,6-7,11H2,1-5H3;1-2H3. The number of ether oxygens (including phenoxy) is 2. The third-order valence-corrected chi connectivity index (χ3v) is 4.86. The molecule has 186 valence electrons. The lowest BCUT2D eigenvalue weighted by Gasteiger charge is -2.28. The Labute approximate surface area is 190 Å². The van der Waals surface area contributed by atoms with Crippen LogP contribution in [0, 0.1) is 12.3 Å². The topological polar surface area (TPSA) is 53.3 Å². The Hall–Kier alpha value is -2.65. The van der Waals surface area contributed by atoms with E-state index in [2.05, 4.69) is 9.72 Å². The minimum atomic E-state index is -4.47. The summed E-state index contributed by atoms with van der Waals surface area (Å²) in [6, 6.07) is 3.98. The molecule has 0 aliphatic heterocycles. The number of alkyl halides is 5. The van der Waals surface area contributed by atoms with Gasteiger partial charge in [-0.15, -0.1) is 0 Å². The van der Waals surface area contributed by atoms with Gasteiger partial charge in [0.25, 0.3) is 0 Å². The van der Waals surface area contributed by atoms with Crippen LogP contribution in [-0.4, -0.2) is 34.9 Å². The molecular weight excluding hydrogens is 447 g/mol. The molecule has 0 spiro atoms. The van der Waals surface area contributed by atoms with Gasteiger partial charge in [-0.1, -0.05) is 40.7 Å². The third-order valence-electron chi connectivity index (χ3n) is 4.86. The quantitative estimate of drug-likeness (QED) is 0.314. The lowest BCUT2D eigenvalue weighted by atomic mass is 9.85. The van der Waals surface area contributed by atoms with Gasteiger partial charge in [-0.3, -0.25) is 4.57 Å². The highest BCUT2D eigenvalue weighted by Crippen LogP contribution is 2.41. The number of carbonyl (C=O) groups is 1. The maximum absolute atomic E-state index is 13.3. The Kier molecular flexibility index (Phi) is 9.87. The zero-order valence-corrected chi connectivity index (χ0v) is 19.9. The van der Waals surface area contributed by atoms with Crippen LogP contribution in [0.1, 0.15) is 69.1 Å². The van der Waals surface area contributed by atoms with Gasteiger partial charge in [-0.2, -0.15) is 22.0 Å². The number of benzene rings is 1. The van der Waals surface area contributed by atoms with Gasteiger partial charge >= 0.3 is 18.8 Å². The summed E-state index contributed by atoms with van der Waals surface area (Å²) >= 11 is 0. The van der Waals surface area contributed by atoms with Crippen LogP contribution >= 0.6 is 0 Å². The number of nitrogens with zero attached hydrogens (tertiary/aromatic N) is 2. The number of hydrogen-bond acceptors (Lipinski definition) is 4. The van der Waals surface area contributed by atoms with Crippen LogP contribution < -0.4 is 4.74 Å². The fourth-order valence-electron chi connectivity index (χ4n) is 3.16. The van der Waals surface area contributed by atoms with Crippen molar-refractivity contribution in [2.75, 3.05) is 6.61 Å². The number of hydrogen-bond donors (Lipinski definition) is 0. The van der Waals surface area contributed by atoms with Gasteiger partial charge in [0.15, 0.2) is 5.69 Å². The number of carbonyl (C=O) groups excluding carboxylic acids is 1. The van der Waals surface area contributed by atoms with E-state index in [0.29, 0.717) is 17.9 Å². The van der Waals surface area contributed by atoms with Crippen molar-refractivity contribution in [3.05, 3.63) is 41.0 Å². The van der Waals surface area contributed by atoms with Crippen molar-refractivity contribution in [1.82, 2.24) is 9.55 Å². The molecule has 0 N–H and O–H groups in total. The summed E-state index contributed by atoms with van der Waals surface area (Å²) in [4.78, 5) is 16.4. The summed E-state index contributed by atoms with van der Waals surface area (Å²) in [5, 5.41) is 0. The predicted octanol–water partition coefficient (Wildman–Crippen LogP) is 6.68. The zero-order chi connectivity index (χ0) is 25.6. The molecule has 5 nitrogen and oxygen atoms in total. The maximum Gasteiger partial charge on any atom is 0.394 e. The SMILES string of the molecule is CC.CCOC(=O)c1nc(CC)n(-c2ccc(CC(C)(C)C(F)(F)F)cc2OC(F)F)c1C. The summed E-state index contributed by atoms with van der Waals surface area (Å²) in [5.41, 5.74) is -1.36. The molecule has 33 heavy (non-hydrogen) atoms. The van der Waals surface area contributed by atoms with E-state index >= 15 is 0 Å². The first-order valence-corrected chi connectivity index (χ1v) is 10.7. The van der Waals surface area contributed by atoms with Gasteiger partial charge in [0, 0.05) is 6.42 Å². The number of esters is 1. The van der Waals surface area contributed by atoms with Crippen LogP contribution in [0.5, 0.6) is 5.75 Å². The molecule has 1 heterocycles. The van der Waals surface area contributed by atoms with Crippen LogP contribution in [0.2, 0.25) is 0 Å². The number of aromatic nitrogens is 2. The Bertz CT molecular complexity index is 937. The fourth-order valence-corrected chi connectivity index (χ4v) is 3.16. The van der Waals surface area contributed by atoms with Gasteiger partial charge in [0.1, 0.15) is 11.6 Å². The largest absolute Gasteiger partial charge is 0.461 e. The minimum Gasteiger partial charge on any atom is -0.461 e. The van der Waals surface area contributed by atoms with Gasteiger partial charge in [0.05, 0.1) is 23.4 Å². The van der Waals surface area contributed by atoms with E-state index in [1.54, 1.807) is 20.8 Å². The van der Waals surface area contributed by atoms with Crippen LogP contribution in [0.15, 0.2) is 18.2 Å². The summed E-state index contributed by atoms with van der Waals surface area (Å²) in [6.45, 7) is 8.00. The van der Waals surface area contributed by atoms with E-state index in [1.807, 2.05) is 13.8 Å². The van der Waals surface area contributed by atoms with Crippen molar-refractivity contribution in [2.45, 2.75) is 74.1 Å². The molecule has 0 aliphatic rings. The molecule has 10 heteroatoms. The fraction of sp³-hybridized carbons (Fsp3) is 0.565. The second-order valence-electron chi connectivity index (χ2n) is 7.61. The number of halogens is 5. The molecule has 0 saturated carbocycles. The van der Waals surface area contributed by atoms with Gasteiger partial charge in [0.2, 0.25) is 0 Å². The normalized spacial score (nSPS) is 11.8. The van der Waals surface area contributed by atoms with E-state index in [4.69, 9.17) is 4.74 Å². The summed E-state index contributed by atoms with van der Waals surface area (Å²) in [6.07, 6.45) is -4.54. The molecule has 1 aromatic heterocycles. The van der Waals surface area contributed by atoms with Crippen molar-refractivity contribution >= 4 is 5.97 Å². The molecule has 0 fully saturated rings. The Morgan fingerprint density at radius 1 is 1.15 bits per heavy atom. The summed E-state index contributed by atoms with van der Waals surface area (Å²) in [7, 11) is 0. The van der Waals surface area contributed by atoms with Crippen LogP contribution in [-0.2, 0) is 17.6 Å². The first-order chi connectivity index (χ1) is 15.3. The van der Waals surface area contributed by atoms with Crippen LogP contribution in [0.25, 0.3) is 5.69 Å².